The molecule has 1 aromatic carbocycles. The maximum atomic E-state index is 13.4. The van der Waals surface area contributed by atoms with Crippen LogP contribution < -0.4 is 4.90 Å². The van der Waals surface area contributed by atoms with E-state index in [2.05, 4.69) is 0 Å². The second kappa shape index (κ2) is 5.14. The third-order valence-corrected chi connectivity index (χ3v) is 2.59. The highest BCUT2D eigenvalue weighted by Crippen LogP contribution is 2.30. The zero-order valence-corrected chi connectivity index (χ0v) is 10.3. The topological polar surface area (TPSA) is 23.5 Å². The molecule has 2 nitrogen and oxygen atoms in total. The molecule has 0 aliphatic rings. The van der Waals surface area contributed by atoms with E-state index in [4.69, 9.17) is 0 Å². The summed E-state index contributed by atoms with van der Waals surface area (Å²) in [6, 6.07) is 2.38. The zero-order valence-electron chi connectivity index (χ0n) is 10.3. The van der Waals surface area contributed by atoms with Gasteiger partial charge in [-0.1, -0.05) is 0 Å². The van der Waals surface area contributed by atoms with Crippen LogP contribution in [0.3, 0.4) is 0 Å². The molecule has 0 saturated heterocycles. The molecule has 18 heavy (non-hydrogen) atoms. The number of alkyl halides is 3. The monoisotopic (exact) mass is 265 g/mol. The lowest BCUT2D eigenvalue weighted by Gasteiger charge is -2.25. The van der Waals surface area contributed by atoms with Gasteiger partial charge in [0.2, 0.25) is 0 Å². The SMILES string of the molecule is Cc1cc(N(C)CC(F)(F)F)c([C@H](C)O)cc1F. The Kier molecular flexibility index (Phi) is 4.21. The van der Waals surface area contributed by atoms with Crippen molar-refractivity contribution >= 4 is 5.69 Å². The number of aliphatic hydroxyl groups is 1. The summed E-state index contributed by atoms with van der Waals surface area (Å²) in [4.78, 5) is 0.953. The predicted octanol–water partition coefficient (Wildman–Crippen LogP) is 3.19. The normalized spacial score (nSPS) is 13.6. The second-order valence-corrected chi connectivity index (χ2v) is 4.31. The smallest absolute Gasteiger partial charge is 0.389 e. The first-order chi connectivity index (χ1) is 8.11. The van der Waals surface area contributed by atoms with Crippen molar-refractivity contribution in [3.63, 3.8) is 0 Å². The number of hydrogen-bond acceptors (Lipinski definition) is 2. The van der Waals surface area contributed by atoms with Gasteiger partial charge in [-0.3, -0.25) is 0 Å². The Hall–Kier alpha value is -1.30. The Morgan fingerprint density at radius 1 is 1.33 bits per heavy atom. The van der Waals surface area contributed by atoms with Crippen molar-refractivity contribution in [1.82, 2.24) is 0 Å². The van der Waals surface area contributed by atoms with Crippen LogP contribution in [-0.4, -0.2) is 24.9 Å². The van der Waals surface area contributed by atoms with Crippen LogP contribution in [0.15, 0.2) is 12.1 Å². The van der Waals surface area contributed by atoms with Crippen LogP contribution in [0.25, 0.3) is 0 Å². The number of halogens is 4. The Balaban J connectivity index is 3.17. The summed E-state index contributed by atoms with van der Waals surface area (Å²) in [6.45, 7) is 1.69. The van der Waals surface area contributed by atoms with Crippen molar-refractivity contribution in [3.8, 4) is 0 Å². The van der Waals surface area contributed by atoms with Crippen LogP contribution in [0.1, 0.15) is 24.2 Å². The molecule has 0 bridgehead atoms. The Morgan fingerprint density at radius 3 is 2.33 bits per heavy atom. The van der Waals surface area contributed by atoms with Gasteiger partial charge in [0.1, 0.15) is 12.4 Å². The summed E-state index contributed by atoms with van der Waals surface area (Å²) < 4.78 is 50.3. The lowest BCUT2D eigenvalue weighted by atomic mass is 10.0. The van der Waals surface area contributed by atoms with E-state index < -0.39 is 24.6 Å². The molecule has 0 spiro atoms. The van der Waals surface area contributed by atoms with E-state index in [1.807, 2.05) is 0 Å². The molecule has 6 heteroatoms. The molecule has 0 radical (unpaired) electrons. The minimum Gasteiger partial charge on any atom is -0.389 e. The molecule has 0 aliphatic heterocycles. The Bertz CT molecular complexity index is 429. The highest BCUT2D eigenvalue weighted by Gasteiger charge is 2.30. The fraction of sp³-hybridized carbons (Fsp3) is 0.500. The molecule has 0 amide bonds. The van der Waals surface area contributed by atoms with Gasteiger partial charge in [0.15, 0.2) is 0 Å². The predicted molar refractivity (Wildman–Crippen MR) is 61.1 cm³/mol. The molecule has 0 heterocycles. The minimum absolute atomic E-state index is 0.143. The van der Waals surface area contributed by atoms with E-state index in [1.165, 1.54) is 27.0 Å². The van der Waals surface area contributed by atoms with Gasteiger partial charge in [-0.2, -0.15) is 13.2 Å². The maximum Gasteiger partial charge on any atom is 0.405 e. The van der Waals surface area contributed by atoms with E-state index >= 15 is 0 Å². The quantitative estimate of drug-likeness (QED) is 0.848. The van der Waals surface area contributed by atoms with Crippen molar-refractivity contribution in [2.24, 2.45) is 0 Å². The first-order valence-electron chi connectivity index (χ1n) is 5.38. The fourth-order valence-electron chi connectivity index (χ4n) is 1.70. The highest BCUT2D eigenvalue weighted by molar-refractivity contribution is 5.56. The average molecular weight is 265 g/mol. The maximum absolute atomic E-state index is 13.4. The molecule has 0 aromatic heterocycles. The van der Waals surface area contributed by atoms with Crippen molar-refractivity contribution in [1.29, 1.82) is 0 Å². The number of anilines is 1. The van der Waals surface area contributed by atoms with E-state index in [0.29, 0.717) is 0 Å². The van der Waals surface area contributed by atoms with Gasteiger partial charge in [-0.15, -0.1) is 0 Å². The average Bonchev–Trinajstić information content (AvgIpc) is 2.18. The number of benzene rings is 1. The molecule has 102 valence electrons. The Labute approximate surface area is 103 Å². The standard InChI is InChI=1S/C12H15F4NO/c1-7-4-11(17(3)6-12(14,15)16)9(8(2)18)5-10(7)13/h4-5,8,18H,6H2,1-3H3/t8-/m0/s1. The van der Waals surface area contributed by atoms with E-state index in [9.17, 15) is 22.7 Å². The molecule has 1 aromatic rings. The van der Waals surface area contributed by atoms with E-state index in [1.54, 1.807) is 0 Å². The Morgan fingerprint density at radius 2 is 1.89 bits per heavy atom. The van der Waals surface area contributed by atoms with Crippen molar-refractivity contribution in [2.45, 2.75) is 26.1 Å². The molecule has 1 N–H and O–H groups in total. The molecular weight excluding hydrogens is 250 g/mol. The van der Waals surface area contributed by atoms with Crippen LogP contribution in [0, 0.1) is 12.7 Å². The van der Waals surface area contributed by atoms with Gasteiger partial charge in [0.25, 0.3) is 0 Å². The van der Waals surface area contributed by atoms with Gasteiger partial charge in [0.05, 0.1) is 6.10 Å². The lowest BCUT2D eigenvalue weighted by Crippen LogP contribution is -2.31. The molecule has 0 fully saturated rings. The third kappa shape index (κ3) is 3.60. The highest BCUT2D eigenvalue weighted by atomic mass is 19.4. The summed E-state index contributed by atoms with van der Waals surface area (Å²) in [5, 5.41) is 9.49. The van der Waals surface area contributed by atoms with Crippen LogP contribution in [-0.2, 0) is 0 Å². The molecule has 0 aliphatic carbocycles. The van der Waals surface area contributed by atoms with Crippen molar-refractivity contribution in [2.75, 3.05) is 18.5 Å². The largest absolute Gasteiger partial charge is 0.405 e. The van der Waals surface area contributed by atoms with Crippen LogP contribution in [0.4, 0.5) is 23.2 Å². The first kappa shape index (κ1) is 14.8. The lowest BCUT2D eigenvalue weighted by molar-refractivity contribution is -0.119. The number of nitrogens with zero attached hydrogens (tertiary/aromatic N) is 1. The van der Waals surface area contributed by atoms with Gasteiger partial charge < -0.3 is 10.0 Å². The minimum atomic E-state index is -4.35. The van der Waals surface area contributed by atoms with Crippen LogP contribution in [0.2, 0.25) is 0 Å². The van der Waals surface area contributed by atoms with E-state index in [0.717, 1.165) is 11.0 Å². The summed E-state index contributed by atoms with van der Waals surface area (Å²) in [5.41, 5.74) is 0.564. The van der Waals surface area contributed by atoms with Gasteiger partial charge >= 0.3 is 6.18 Å². The number of hydrogen-bond donors (Lipinski definition) is 1. The molecule has 1 rings (SSSR count). The van der Waals surface area contributed by atoms with E-state index in [-0.39, 0.29) is 16.8 Å². The summed E-state index contributed by atoms with van der Waals surface area (Å²) in [7, 11) is 1.26. The van der Waals surface area contributed by atoms with Crippen LogP contribution >= 0.6 is 0 Å². The van der Waals surface area contributed by atoms with Crippen molar-refractivity contribution in [3.05, 3.63) is 29.1 Å². The summed E-state index contributed by atoms with van der Waals surface area (Å²) in [6.07, 6.45) is -5.39. The van der Waals surface area contributed by atoms with Crippen molar-refractivity contribution < 1.29 is 22.7 Å². The first-order valence-corrected chi connectivity index (χ1v) is 5.38. The van der Waals surface area contributed by atoms with Gasteiger partial charge in [-0.25, -0.2) is 4.39 Å². The molecule has 1 atom stereocenters. The number of aryl methyl sites for hydroxylation is 1. The van der Waals surface area contributed by atoms with Gasteiger partial charge in [-0.05, 0) is 31.5 Å². The van der Waals surface area contributed by atoms with Crippen LogP contribution in [0.5, 0.6) is 0 Å². The summed E-state index contributed by atoms with van der Waals surface area (Å²) >= 11 is 0. The zero-order chi connectivity index (χ0) is 14.1. The fourth-order valence-corrected chi connectivity index (χ4v) is 1.70. The molecular formula is C12H15F4NO. The number of rotatable bonds is 3. The molecule has 0 unspecified atom stereocenters. The summed E-state index contributed by atoms with van der Waals surface area (Å²) in [5.74, 6) is -0.546. The second-order valence-electron chi connectivity index (χ2n) is 4.31. The third-order valence-electron chi connectivity index (χ3n) is 2.59. The molecule has 0 saturated carbocycles. The van der Waals surface area contributed by atoms with Gasteiger partial charge in [0, 0.05) is 18.3 Å². The number of aliphatic hydroxyl groups excluding tert-OH is 1.